The molecule has 35 heavy (non-hydrogen) atoms. The van der Waals surface area contributed by atoms with E-state index < -0.39 is 35.4 Å². The minimum atomic E-state index is -1.65. The Hall–Kier alpha value is -4.86. The third-order valence-corrected chi connectivity index (χ3v) is 6.54. The molecule has 3 N–H and O–H groups in total. The van der Waals surface area contributed by atoms with Crippen LogP contribution in [0.5, 0.6) is 23.0 Å². The van der Waals surface area contributed by atoms with Gasteiger partial charge in [-0.15, -0.1) is 0 Å². The van der Waals surface area contributed by atoms with Gasteiger partial charge >= 0.3 is 12.1 Å². The molecule has 0 bridgehead atoms. The van der Waals surface area contributed by atoms with Crippen molar-refractivity contribution in [2.24, 2.45) is 0 Å². The third kappa shape index (κ3) is 2.70. The number of carbonyl (C=O) groups excluding carboxylic acids is 3. The van der Waals surface area contributed by atoms with Gasteiger partial charge < -0.3 is 24.8 Å². The highest BCUT2D eigenvalue weighted by Crippen LogP contribution is 2.57. The summed E-state index contributed by atoms with van der Waals surface area (Å²) in [5.41, 5.74) is 0.299. The van der Waals surface area contributed by atoms with Gasteiger partial charge in [0.25, 0.3) is 0 Å². The molecule has 10 nitrogen and oxygen atoms in total. The first-order valence-corrected chi connectivity index (χ1v) is 10.5. The van der Waals surface area contributed by atoms with Crippen LogP contribution >= 0.6 is 0 Å². The summed E-state index contributed by atoms with van der Waals surface area (Å²) in [5, 5.41) is 29.2. The van der Waals surface area contributed by atoms with Crippen LogP contribution in [0, 0.1) is 0 Å². The molecule has 0 aliphatic carbocycles. The summed E-state index contributed by atoms with van der Waals surface area (Å²) in [5.74, 6) is -3.16. The van der Waals surface area contributed by atoms with Crippen LogP contribution in [0.1, 0.15) is 45.0 Å². The molecule has 3 amide bonds. The zero-order valence-electron chi connectivity index (χ0n) is 17.7. The monoisotopic (exact) mass is 473 g/mol. The molecular formula is C25H15NO9. The van der Waals surface area contributed by atoms with Crippen LogP contribution in [0.2, 0.25) is 0 Å². The van der Waals surface area contributed by atoms with E-state index in [4.69, 9.17) is 14.6 Å². The summed E-state index contributed by atoms with van der Waals surface area (Å²) in [4.78, 5) is 49.3. The lowest BCUT2D eigenvalue weighted by Gasteiger charge is -2.36. The maximum absolute atomic E-state index is 13.2. The summed E-state index contributed by atoms with van der Waals surface area (Å²) in [6.45, 7) is 0. The van der Waals surface area contributed by atoms with E-state index in [0.717, 1.165) is 0 Å². The van der Waals surface area contributed by atoms with Gasteiger partial charge in [-0.1, -0.05) is 12.1 Å². The van der Waals surface area contributed by atoms with Crippen molar-refractivity contribution < 1.29 is 44.0 Å². The molecule has 1 unspecified atom stereocenters. The number of carboxylic acid groups (broad SMARTS) is 1. The van der Waals surface area contributed by atoms with Crippen molar-refractivity contribution in [2.45, 2.75) is 17.9 Å². The van der Waals surface area contributed by atoms with Gasteiger partial charge in [-0.2, -0.15) is 4.90 Å². The number of carbonyl (C=O) groups is 4. The predicted octanol–water partition coefficient (Wildman–Crippen LogP) is 3.19. The molecule has 1 saturated heterocycles. The van der Waals surface area contributed by atoms with Crippen LogP contribution in [0.25, 0.3) is 0 Å². The molecule has 6 rings (SSSR count). The van der Waals surface area contributed by atoms with Crippen molar-refractivity contribution in [3.63, 3.8) is 0 Å². The molecule has 0 saturated carbocycles. The number of amides is 3. The zero-order valence-corrected chi connectivity index (χ0v) is 17.7. The number of likely N-dealkylation sites (tertiary alicyclic amines) is 1. The Morgan fingerprint density at radius 1 is 0.886 bits per heavy atom. The van der Waals surface area contributed by atoms with E-state index in [1.165, 1.54) is 30.3 Å². The van der Waals surface area contributed by atoms with Gasteiger partial charge in [-0.3, -0.25) is 9.59 Å². The number of aromatic hydroxyl groups is 2. The van der Waals surface area contributed by atoms with Crippen LogP contribution < -0.4 is 4.74 Å². The van der Waals surface area contributed by atoms with Crippen LogP contribution in [0.3, 0.4) is 0 Å². The molecule has 3 heterocycles. The zero-order chi connectivity index (χ0) is 24.6. The maximum atomic E-state index is 13.2. The number of phenols is 2. The number of ether oxygens (including phenoxy) is 2. The number of hydrogen-bond donors (Lipinski definition) is 3. The molecule has 3 aromatic carbocycles. The highest BCUT2D eigenvalue weighted by Gasteiger charge is 2.54. The second-order valence-corrected chi connectivity index (χ2v) is 8.45. The highest BCUT2D eigenvalue weighted by atomic mass is 16.6. The second-order valence-electron chi connectivity index (χ2n) is 8.45. The topological polar surface area (TPSA) is 151 Å². The molecule has 1 fully saturated rings. The van der Waals surface area contributed by atoms with Crippen LogP contribution in [0.15, 0.2) is 54.6 Å². The van der Waals surface area contributed by atoms with Crippen LogP contribution in [0.4, 0.5) is 4.79 Å². The molecule has 174 valence electrons. The maximum Gasteiger partial charge on any atom is 0.421 e. The minimum absolute atomic E-state index is 0.0743. The van der Waals surface area contributed by atoms with Gasteiger partial charge in [-0.25, -0.2) is 9.59 Å². The first kappa shape index (κ1) is 20.7. The SMILES string of the molecule is O=C1OC2(c3ccc(O)cc3Oc3cc(O)ccc32)c2ccc(C3CC(=O)N(C(=O)O)C3=O)cc21. The van der Waals surface area contributed by atoms with E-state index in [-0.39, 0.29) is 39.9 Å². The van der Waals surface area contributed by atoms with Gasteiger partial charge in [0.1, 0.15) is 23.0 Å². The Bertz CT molecular complexity index is 1460. The molecule has 10 heteroatoms. The summed E-state index contributed by atoms with van der Waals surface area (Å²) in [6, 6.07) is 13.3. The lowest BCUT2D eigenvalue weighted by Crippen LogP contribution is -2.35. The first-order valence-electron chi connectivity index (χ1n) is 10.5. The summed E-state index contributed by atoms with van der Waals surface area (Å²) >= 11 is 0. The summed E-state index contributed by atoms with van der Waals surface area (Å²) < 4.78 is 11.9. The molecule has 1 spiro atoms. The molecule has 1 atom stereocenters. The molecule has 3 aliphatic heterocycles. The van der Waals surface area contributed by atoms with Crippen LogP contribution in [-0.4, -0.2) is 44.1 Å². The average Bonchev–Trinajstić information content (AvgIpc) is 3.26. The van der Waals surface area contributed by atoms with Gasteiger partial charge in [-0.05, 0) is 35.9 Å². The van der Waals surface area contributed by atoms with E-state index in [2.05, 4.69) is 0 Å². The molecule has 0 radical (unpaired) electrons. The first-order chi connectivity index (χ1) is 16.7. The lowest BCUT2D eigenvalue weighted by molar-refractivity contribution is -0.135. The van der Waals surface area contributed by atoms with Gasteiger partial charge in [0.05, 0.1) is 11.5 Å². The molecule has 0 aromatic heterocycles. The number of benzene rings is 3. The largest absolute Gasteiger partial charge is 0.508 e. The number of fused-ring (bicyclic) bond motifs is 6. The van der Waals surface area contributed by atoms with Crippen LogP contribution in [-0.2, 0) is 19.9 Å². The smallest absolute Gasteiger partial charge is 0.421 e. The lowest BCUT2D eigenvalue weighted by atomic mass is 9.77. The number of esters is 1. The Labute approximate surface area is 196 Å². The van der Waals surface area contributed by atoms with Crippen molar-refractivity contribution in [3.8, 4) is 23.0 Å². The average molecular weight is 473 g/mol. The standard InChI is InChI=1S/C25H15NO9/c27-12-2-5-17-19(8-12)34-20-9-13(28)3-6-18(20)25(17)16-4-1-11(7-15(16)23(31)35-25)14-10-21(29)26(22(14)30)24(32)33/h1-9,14,27-28H,10H2,(H,32,33). The number of hydrogen-bond acceptors (Lipinski definition) is 8. The Kier molecular flexibility index (Phi) is 4.04. The Morgan fingerprint density at radius 3 is 2.06 bits per heavy atom. The van der Waals surface area contributed by atoms with E-state index in [0.29, 0.717) is 22.3 Å². The predicted molar refractivity (Wildman–Crippen MR) is 115 cm³/mol. The highest BCUT2D eigenvalue weighted by molar-refractivity contribution is 6.16. The van der Waals surface area contributed by atoms with Gasteiger partial charge in [0, 0.05) is 35.2 Å². The second kappa shape index (κ2) is 6.83. The fourth-order valence-electron chi connectivity index (χ4n) is 5.03. The summed E-state index contributed by atoms with van der Waals surface area (Å²) in [6.07, 6.45) is -1.98. The quantitative estimate of drug-likeness (QED) is 0.357. The van der Waals surface area contributed by atoms with E-state index in [9.17, 15) is 29.4 Å². The van der Waals surface area contributed by atoms with Crippen molar-refractivity contribution in [1.82, 2.24) is 4.90 Å². The fourth-order valence-corrected chi connectivity index (χ4v) is 5.03. The third-order valence-electron chi connectivity index (χ3n) is 6.54. The fraction of sp³-hybridized carbons (Fsp3) is 0.120. The summed E-state index contributed by atoms with van der Waals surface area (Å²) in [7, 11) is 0. The van der Waals surface area contributed by atoms with Gasteiger partial charge in [0.2, 0.25) is 11.8 Å². The molecular weight excluding hydrogens is 458 g/mol. The minimum Gasteiger partial charge on any atom is -0.508 e. The van der Waals surface area contributed by atoms with Crippen molar-refractivity contribution in [2.75, 3.05) is 0 Å². The number of nitrogens with zero attached hydrogens (tertiary/aromatic N) is 1. The number of phenolic OH excluding ortho intramolecular Hbond substituents is 2. The van der Waals surface area contributed by atoms with Crippen molar-refractivity contribution in [1.29, 1.82) is 0 Å². The van der Waals surface area contributed by atoms with E-state index >= 15 is 0 Å². The molecule has 3 aliphatic rings. The normalized spacial score (nSPS) is 19.1. The number of rotatable bonds is 1. The Balaban J connectivity index is 1.54. The van der Waals surface area contributed by atoms with E-state index in [1.54, 1.807) is 24.3 Å². The van der Waals surface area contributed by atoms with Crippen molar-refractivity contribution in [3.05, 3.63) is 82.4 Å². The van der Waals surface area contributed by atoms with Crippen molar-refractivity contribution >= 4 is 23.9 Å². The molecule has 3 aromatic rings. The van der Waals surface area contributed by atoms with Gasteiger partial charge in [0.15, 0.2) is 5.60 Å². The number of imide groups is 3. The Morgan fingerprint density at radius 2 is 1.49 bits per heavy atom. The van der Waals surface area contributed by atoms with E-state index in [1.807, 2.05) is 0 Å².